The summed E-state index contributed by atoms with van der Waals surface area (Å²) >= 11 is 0. The Balaban J connectivity index is 2.42. The van der Waals surface area contributed by atoms with Crippen molar-refractivity contribution < 1.29 is 31.1 Å². The second-order valence-electron chi connectivity index (χ2n) is 4.28. The first-order valence-corrected chi connectivity index (χ1v) is 5.65. The molecule has 0 heterocycles. The molecule has 1 rings (SSSR count). The van der Waals surface area contributed by atoms with Gasteiger partial charge in [0.05, 0.1) is 6.61 Å². The zero-order valence-corrected chi connectivity index (χ0v) is 10.3. The highest BCUT2D eigenvalue weighted by Crippen LogP contribution is 2.22. The van der Waals surface area contributed by atoms with Gasteiger partial charge in [0.2, 0.25) is 0 Å². The lowest BCUT2D eigenvalue weighted by atomic mass is 10.1. The predicted molar refractivity (Wildman–Crippen MR) is 59.8 cm³/mol. The Hall–Kier alpha value is -1.28. The van der Waals surface area contributed by atoms with Crippen molar-refractivity contribution in [2.45, 2.75) is 24.8 Å². The molecule has 0 spiro atoms. The maximum atomic E-state index is 13.3. The summed E-state index contributed by atoms with van der Waals surface area (Å²) in [6.07, 6.45) is -3.92. The molecule has 20 heavy (non-hydrogen) atoms. The molecule has 0 saturated heterocycles. The van der Waals surface area contributed by atoms with Crippen LogP contribution in [0.4, 0.5) is 26.3 Å². The highest BCUT2D eigenvalue weighted by Gasteiger charge is 2.41. The van der Waals surface area contributed by atoms with Crippen LogP contribution in [-0.4, -0.2) is 31.6 Å². The number of rotatable bonds is 7. The lowest BCUT2D eigenvalue weighted by molar-refractivity contribution is -0.166. The van der Waals surface area contributed by atoms with E-state index in [2.05, 4.69) is 4.74 Å². The monoisotopic (exact) mass is 301 g/mol. The number of benzene rings is 1. The first-order chi connectivity index (χ1) is 9.22. The van der Waals surface area contributed by atoms with Gasteiger partial charge in [-0.1, -0.05) is 6.07 Å². The van der Waals surface area contributed by atoms with E-state index in [9.17, 15) is 26.3 Å². The first kappa shape index (κ1) is 16.8. The van der Waals surface area contributed by atoms with Crippen LogP contribution in [0.25, 0.3) is 0 Å². The highest BCUT2D eigenvalue weighted by molar-refractivity contribution is 5.19. The Morgan fingerprint density at radius 2 is 1.85 bits per heavy atom. The van der Waals surface area contributed by atoms with Gasteiger partial charge in [-0.15, -0.1) is 0 Å². The number of ether oxygens (including phenoxy) is 1. The Morgan fingerprint density at radius 3 is 2.40 bits per heavy atom. The van der Waals surface area contributed by atoms with Crippen LogP contribution < -0.4 is 5.73 Å². The molecule has 0 aliphatic rings. The SMILES string of the molecule is NC(COCC(F)(F)C(F)F)Cc1ccc(F)cc1F. The van der Waals surface area contributed by atoms with Gasteiger partial charge in [-0.2, -0.15) is 8.78 Å². The Labute approximate surface area is 111 Å². The van der Waals surface area contributed by atoms with Gasteiger partial charge in [0.25, 0.3) is 0 Å². The minimum atomic E-state index is -4.25. The average molecular weight is 301 g/mol. The van der Waals surface area contributed by atoms with Crippen LogP contribution >= 0.6 is 0 Å². The van der Waals surface area contributed by atoms with Gasteiger partial charge in [-0.3, -0.25) is 0 Å². The molecule has 0 aliphatic carbocycles. The van der Waals surface area contributed by atoms with E-state index < -0.39 is 43.2 Å². The maximum absolute atomic E-state index is 13.3. The fraction of sp³-hybridized carbons (Fsp3) is 0.500. The quantitative estimate of drug-likeness (QED) is 0.786. The summed E-state index contributed by atoms with van der Waals surface area (Å²) in [6, 6.07) is 1.98. The van der Waals surface area contributed by atoms with Gasteiger partial charge in [0.1, 0.15) is 18.2 Å². The van der Waals surface area contributed by atoms with Gasteiger partial charge in [-0.05, 0) is 18.1 Å². The van der Waals surface area contributed by atoms with Crippen molar-refractivity contribution in [3.05, 3.63) is 35.4 Å². The zero-order chi connectivity index (χ0) is 15.3. The first-order valence-electron chi connectivity index (χ1n) is 5.65. The normalized spacial score (nSPS) is 13.8. The van der Waals surface area contributed by atoms with E-state index in [4.69, 9.17) is 5.73 Å². The minimum absolute atomic E-state index is 0.0862. The van der Waals surface area contributed by atoms with Crippen LogP contribution in [0.15, 0.2) is 18.2 Å². The van der Waals surface area contributed by atoms with Crippen LogP contribution in [0.5, 0.6) is 0 Å². The summed E-state index contributed by atoms with van der Waals surface area (Å²) in [5.41, 5.74) is 5.59. The molecule has 0 amide bonds. The molecule has 2 nitrogen and oxygen atoms in total. The number of hydrogen-bond donors (Lipinski definition) is 1. The van der Waals surface area contributed by atoms with Gasteiger partial charge in [0.15, 0.2) is 0 Å². The average Bonchev–Trinajstić information content (AvgIpc) is 2.32. The van der Waals surface area contributed by atoms with Crippen LogP contribution in [0.2, 0.25) is 0 Å². The summed E-state index contributed by atoms with van der Waals surface area (Å²) in [5.74, 6) is -5.83. The molecule has 0 fully saturated rings. The Morgan fingerprint density at radius 1 is 1.20 bits per heavy atom. The topological polar surface area (TPSA) is 35.2 Å². The highest BCUT2D eigenvalue weighted by atomic mass is 19.3. The van der Waals surface area contributed by atoms with E-state index in [-0.39, 0.29) is 12.0 Å². The standard InChI is InChI=1S/C12H13F6NO/c13-8-2-1-7(10(14)4-8)3-9(19)5-20-6-12(17,18)11(15)16/h1-2,4,9,11H,3,5-6,19H2. The molecule has 2 N–H and O–H groups in total. The lowest BCUT2D eigenvalue weighted by Gasteiger charge is -2.17. The van der Waals surface area contributed by atoms with E-state index in [0.29, 0.717) is 6.07 Å². The lowest BCUT2D eigenvalue weighted by Crippen LogP contribution is -2.36. The molecule has 114 valence electrons. The number of nitrogens with two attached hydrogens (primary N) is 1. The molecule has 0 aliphatic heterocycles. The third kappa shape index (κ3) is 5.01. The number of halogens is 6. The predicted octanol–water partition coefficient (Wildman–Crippen LogP) is 2.75. The summed E-state index contributed by atoms with van der Waals surface area (Å²) in [5, 5.41) is 0. The largest absolute Gasteiger partial charge is 0.373 e. The van der Waals surface area contributed by atoms with E-state index in [1.807, 2.05) is 0 Å². The van der Waals surface area contributed by atoms with Crippen molar-refractivity contribution in [2.75, 3.05) is 13.2 Å². The van der Waals surface area contributed by atoms with E-state index in [1.54, 1.807) is 0 Å². The third-order valence-corrected chi connectivity index (χ3v) is 2.44. The summed E-state index contributed by atoms with van der Waals surface area (Å²) < 4.78 is 79.0. The third-order valence-electron chi connectivity index (χ3n) is 2.44. The maximum Gasteiger partial charge on any atom is 0.330 e. The van der Waals surface area contributed by atoms with Crippen molar-refractivity contribution in [1.82, 2.24) is 0 Å². The van der Waals surface area contributed by atoms with Crippen LogP contribution in [-0.2, 0) is 11.2 Å². The van der Waals surface area contributed by atoms with Crippen molar-refractivity contribution in [1.29, 1.82) is 0 Å². The van der Waals surface area contributed by atoms with Gasteiger partial charge < -0.3 is 10.5 Å². The van der Waals surface area contributed by atoms with Crippen molar-refractivity contribution in [3.8, 4) is 0 Å². The van der Waals surface area contributed by atoms with Crippen LogP contribution in [0.3, 0.4) is 0 Å². The number of alkyl halides is 4. The van der Waals surface area contributed by atoms with E-state index in [0.717, 1.165) is 12.1 Å². The molecule has 0 bridgehead atoms. The van der Waals surface area contributed by atoms with Crippen molar-refractivity contribution in [2.24, 2.45) is 5.73 Å². The zero-order valence-electron chi connectivity index (χ0n) is 10.3. The fourth-order valence-corrected chi connectivity index (χ4v) is 1.44. The van der Waals surface area contributed by atoms with E-state index in [1.165, 1.54) is 0 Å². The van der Waals surface area contributed by atoms with E-state index >= 15 is 0 Å². The Kier molecular flexibility index (Phi) is 5.82. The molecular formula is C12H13F6NO. The molecule has 1 aromatic rings. The summed E-state index contributed by atoms with van der Waals surface area (Å²) in [7, 11) is 0. The molecule has 8 heteroatoms. The minimum Gasteiger partial charge on any atom is -0.373 e. The van der Waals surface area contributed by atoms with Crippen LogP contribution in [0.1, 0.15) is 5.56 Å². The second kappa shape index (κ2) is 6.94. The van der Waals surface area contributed by atoms with Crippen molar-refractivity contribution in [3.63, 3.8) is 0 Å². The molecule has 1 atom stereocenters. The van der Waals surface area contributed by atoms with Crippen LogP contribution in [0, 0.1) is 11.6 Å². The Bertz CT molecular complexity index is 440. The molecular weight excluding hydrogens is 288 g/mol. The van der Waals surface area contributed by atoms with Gasteiger partial charge in [-0.25, -0.2) is 17.6 Å². The molecule has 1 aromatic carbocycles. The number of hydrogen-bond acceptors (Lipinski definition) is 2. The van der Waals surface area contributed by atoms with Gasteiger partial charge in [0, 0.05) is 12.1 Å². The van der Waals surface area contributed by atoms with Gasteiger partial charge >= 0.3 is 12.3 Å². The molecule has 0 aromatic heterocycles. The summed E-state index contributed by atoms with van der Waals surface area (Å²) in [4.78, 5) is 0. The smallest absolute Gasteiger partial charge is 0.330 e. The fourth-order valence-electron chi connectivity index (χ4n) is 1.44. The molecule has 0 saturated carbocycles. The molecule has 1 unspecified atom stereocenters. The summed E-state index contributed by atoms with van der Waals surface area (Å²) in [6.45, 7) is -1.91. The van der Waals surface area contributed by atoms with Crippen molar-refractivity contribution >= 4 is 0 Å². The second-order valence-corrected chi connectivity index (χ2v) is 4.28. The molecule has 0 radical (unpaired) electrons.